The molecule has 0 aliphatic rings. The number of carbonyl (C=O) groups excluding carboxylic acids is 1. The molecule has 1 rings (SSSR count). The highest BCUT2D eigenvalue weighted by atomic mass is 32.2. The van der Waals surface area contributed by atoms with E-state index in [1.165, 1.54) is 11.0 Å². The van der Waals surface area contributed by atoms with E-state index in [4.69, 9.17) is 4.55 Å². The fourth-order valence-electron chi connectivity index (χ4n) is 1.18. The molecule has 7 heteroatoms. The molecule has 0 aliphatic heterocycles. The van der Waals surface area contributed by atoms with Gasteiger partial charge in [0.15, 0.2) is 6.29 Å². The number of rotatable bonds is 3. The summed E-state index contributed by atoms with van der Waals surface area (Å²) in [4.78, 5) is 15.6. The minimum atomic E-state index is -4.42. The van der Waals surface area contributed by atoms with Gasteiger partial charge in [0, 0.05) is 25.9 Å². The minimum absolute atomic E-state index is 0.0787. The van der Waals surface area contributed by atoms with Crippen LogP contribution in [0, 0.1) is 0 Å². The van der Waals surface area contributed by atoms with Gasteiger partial charge in [-0.3, -0.25) is 9.35 Å². The van der Waals surface area contributed by atoms with Crippen molar-refractivity contribution in [1.29, 1.82) is 0 Å². The van der Waals surface area contributed by atoms with Gasteiger partial charge in [-0.2, -0.15) is 8.42 Å². The summed E-state index contributed by atoms with van der Waals surface area (Å²) in [7, 11) is -1.31. The van der Waals surface area contributed by atoms with Gasteiger partial charge in [0.2, 0.25) is 5.03 Å². The summed E-state index contributed by atoms with van der Waals surface area (Å²) < 4.78 is 30.9. The Morgan fingerprint density at radius 1 is 1.47 bits per heavy atom. The van der Waals surface area contributed by atoms with Crippen molar-refractivity contribution in [1.82, 2.24) is 4.98 Å². The first-order valence-electron chi connectivity index (χ1n) is 3.97. The summed E-state index contributed by atoms with van der Waals surface area (Å²) in [5.41, 5.74) is 0.234. The molecule has 0 spiro atoms. The van der Waals surface area contributed by atoms with Crippen molar-refractivity contribution in [3.05, 3.63) is 17.8 Å². The van der Waals surface area contributed by atoms with E-state index >= 15 is 0 Å². The molecule has 0 amide bonds. The fourth-order valence-corrected chi connectivity index (χ4v) is 1.92. The first kappa shape index (κ1) is 11.6. The molecule has 0 saturated carbocycles. The maximum Gasteiger partial charge on any atom is 0.314 e. The van der Waals surface area contributed by atoms with Crippen LogP contribution in [0.2, 0.25) is 0 Å². The lowest BCUT2D eigenvalue weighted by Crippen LogP contribution is -2.17. The van der Waals surface area contributed by atoms with E-state index in [1.807, 2.05) is 0 Å². The molecule has 0 unspecified atom stereocenters. The van der Waals surface area contributed by atoms with E-state index in [-0.39, 0.29) is 11.3 Å². The smallest absolute Gasteiger partial charge is 0.314 e. The number of aldehydes is 1. The number of anilines is 1. The second-order valence-electron chi connectivity index (χ2n) is 3.04. The predicted molar refractivity (Wildman–Crippen MR) is 53.8 cm³/mol. The third kappa shape index (κ3) is 2.31. The minimum Gasteiger partial charge on any atom is -0.375 e. The largest absolute Gasteiger partial charge is 0.375 e. The van der Waals surface area contributed by atoms with Crippen LogP contribution in [-0.4, -0.2) is 38.3 Å². The normalized spacial score (nSPS) is 11.1. The van der Waals surface area contributed by atoms with Crippen LogP contribution in [0.3, 0.4) is 0 Å². The van der Waals surface area contributed by atoms with Crippen LogP contribution in [0.4, 0.5) is 5.69 Å². The Morgan fingerprint density at radius 2 is 2.07 bits per heavy atom. The molecule has 0 aliphatic carbocycles. The molecule has 6 nitrogen and oxygen atoms in total. The molecule has 0 bridgehead atoms. The number of hydrogen-bond acceptors (Lipinski definition) is 5. The Morgan fingerprint density at radius 3 is 2.47 bits per heavy atom. The lowest BCUT2D eigenvalue weighted by Gasteiger charge is -2.16. The van der Waals surface area contributed by atoms with Gasteiger partial charge < -0.3 is 4.90 Å². The third-order valence-corrected chi connectivity index (χ3v) is 2.53. The summed E-state index contributed by atoms with van der Waals surface area (Å²) in [5, 5.41) is -0.517. The highest BCUT2D eigenvalue weighted by Gasteiger charge is 2.21. The van der Waals surface area contributed by atoms with Crippen LogP contribution in [0.25, 0.3) is 0 Å². The highest BCUT2D eigenvalue weighted by Crippen LogP contribution is 2.24. The molecule has 0 atom stereocenters. The molecule has 0 saturated heterocycles. The van der Waals surface area contributed by atoms with Gasteiger partial charge in [0.05, 0.1) is 5.69 Å². The highest BCUT2D eigenvalue weighted by molar-refractivity contribution is 7.85. The average molecular weight is 230 g/mol. The molecule has 0 fully saturated rings. The Hall–Kier alpha value is -1.47. The van der Waals surface area contributed by atoms with Crippen molar-refractivity contribution < 1.29 is 17.8 Å². The zero-order chi connectivity index (χ0) is 11.6. The van der Waals surface area contributed by atoms with Crippen LogP contribution in [0.15, 0.2) is 17.3 Å². The van der Waals surface area contributed by atoms with Gasteiger partial charge in [-0.05, 0) is 6.07 Å². The van der Waals surface area contributed by atoms with Crippen LogP contribution in [-0.2, 0) is 10.1 Å². The first-order valence-corrected chi connectivity index (χ1v) is 5.41. The fraction of sp³-hybridized carbons (Fsp3) is 0.250. The molecule has 15 heavy (non-hydrogen) atoms. The Bertz CT molecular complexity index is 481. The predicted octanol–water partition coefficient (Wildman–Crippen LogP) is 0.207. The molecular weight excluding hydrogens is 220 g/mol. The summed E-state index contributed by atoms with van der Waals surface area (Å²) in [6, 6.07) is 1.37. The SMILES string of the molecule is CN(C)c1c(C=O)ccnc1S(=O)(=O)O. The van der Waals surface area contributed by atoms with Gasteiger partial charge in [0.25, 0.3) is 0 Å². The maximum absolute atomic E-state index is 11.0. The Labute approximate surface area is 87.3 Å². The van der Waals surface area contributed by atoms with Crippen molar-refractivity contribution in [3.63, 3.8) is 0 Å². The van der Waals surface area contributed by atoms with E-state index in [0.29, 0.717) is 6.29 Å². The van der Waals surface area contributed by atoms with Gasteiger partial charge in [-0.15, -0.1) is 0 Å². The second kappa shape index (κ2) is 3.95. The zero-order valence-corrected chi connectivity index (χ0v) is 9.02. The van der Waals surface area contributed by atoms with Gasteiger partial charge in [-0.25, -0.2) is 4.98 Å². The standard InChI is InChI=1S/C8H10N2O4S/c1-10(2)7-6(5-11)3-4-9-8(7)15(12,13)14/h3-5H,1-2H3,(H,12,13,14). The number of nitrogens with zero attached hydrogens (tertiary/aromatic N) is 2. The zero-order valence-electron chi connectivity index (χ0n) is 8.21. The van der Waals surface area contributed by atoms with Crippen molar-refractivity contribution >= 4 is 22.1 Å². The van der Waals surface area contributed by atoms with Crippen molar-refractivity contribution in [2.24, 2.45) is 0 Å². The van der Waals surface area contributed by atoms with Gasteiger partial charge >= 0.3 is 10.1 Å². The Kier molecular flexibility index (Phi) is 3.06. The molecule has 1 aromatic rings. The molecule has 1 N–H and O–H groups in total. The van der Waals surface area contributed by atoms with Crippen LogP contribution in [0.5, 0.6) is 0 Å². The lowest BCUT2D eigenvalue weighted by molar-refractivity contribution is 0.112. The van der Waals surface area contributed by atoms with Crippen molar-refractivity contribution in [2.45, 2.75) is 5.03 Å². The average Bonchev–Trinajstić information content (AvgIpc) is 2.15. The Balaban J connectivity index is 3.60. The summed E-state index contributed by atoms with van der Waals surface area (Å²) in [5.74, 6) is 0. The summed E-state index contributed by atoms with van der Waals surface area (Å²) in [6.07, 6.45) is 1.66. The topological polar surface area (TPSA) is 87.6 Å². The van der Waals surface area contributed by atoms with E-state index < -0.39 is 15.1 Å². The van der Waals surface area contributed by atoms with Crippen molar-refractivity contribution in [2.75, 3.05) is 19.0 Å². The second-order valence-corrected chi connectivity index (χ2v) is 4.38. The van der Waals surface area contributed by atoms with Crippen molar-refractivity contribution in [3.8, 4) is 0 Å². The molecule has 82 valence electrons. The van der Waals surface area contributed by atoms with E-state index in [2.05, 4.69) is 4.98 Å². The molecule has 1 aromatic heterocycles. The van der Waals surface area contributed by atoms with E-state index in [9.17, 15) is 13.2 Å². The summed E-state index contributed by atoms with van der Waals surface area (Å²) >= 11 is 0. The van der Waals surface area contributed by atoms with Crippen LogP contribution >= 0.6 is 0 Å². The monoisotopic (exact) mass is 230 g/mol. The first-order chi connectivity index (χ1) is 6.88. The quantitative estimate of drug-likeness (QED) is 0.589. The van der Waals surface area contributed by atoms with Gasteiger partial charge in [-0.1, -0.05) is 0 Å². The molecule has 0 radical (unpaired) electrons. The number of carbonyl (C=O) groups is 1. The van der Waals surface area contributed by atoms with E-state index in [1.54, 1.807) is 14.1 Å². The summed E-state index contributed by atoms with van der Waals surface area (Å²) in [6.45, 7) is 0. The molecular formula is C8H10N2O4S. The number of hydrogen-bond donors (Lipinski definition) is 1. The van der Waals surface area contributed by atoms with Gasteiger partial charge in [0.1, 0.15) is 0 Å². The maximum atomic E-state index is 11.0. The lowest BCUT2D eigenvalue weighted by atomic mass is 10.2. The number of pyridine rings is 1. The number of aromatic nitrogens is 1. The van der Waals surface area contributed by atoms with Crippen LogP contribution in [0.1, 0.15) is 10.4 Å². The molecule has 1 heterocycles. The third-order valence-electron chi connectivity index (χ3n) is 1.74. The molecule has 0 aromatic carbocycles. The van der Waals surface area contributed by atoms with Crippen LogP contribution < -0.4 is 4.90 Å². The van der Waals surface area contributed by atoms with E-state index in [0.717, 1.165) is 6.20 Å².